The smallest absolute Gasteiger partial charge is 0.344 e. The molecule has 162 valence electrons. The number of benzene rings is 1. The Morgan fingerprint density at radius 3 is 2.70 bits per heavy atom. The van der Waals surface area contributed by atoms with E-state index in [1.165, 1.54) is 19.6 Å². The SMILES string of the molecule is CCOC(=O)COc1c(Br)cc(C=C(C#N)C(=O)NC2CCCCC2C)cc1OC. The van der Waals surface area contributed by atoms with Crippen molar-refractivity contribution < 1.29 is 23.8 Å². The summed E-state index contributed by atoms with van der Waals surface area (Å²) in [6.07, 6.45) is 5.77. The van der Waals surface area contributed by atoms with Crippen molar-refractivity contribution in [2.75, 3.05) is 20.3 Å². The Hall–Kier alpha value is -2.53. The largest absolute Gasteiger partial charge is 0.493 e. The van der Waals surface area contributed by atoms with E-state index < -0.39 is 5.97 Å². The van der Waals surface area contributed by atoms with Gasteiger partial charge in [-0.15, -0.1) is 0 Å². The molecule has 1 aliphatic rings. The number of amides is 1. The second-order valence-electron chi connectivity index (χ2n) is 7.14. The minimum atomic E-state index is -0.490. The third-order valence-electron chi connectivity index (χ3n) is 5.00. The van der Waals surface area contributed by atoms with Crippen LogP contribution in [0.2, 0.25) is 0 Å². The van der Waals surface area contributed by atoms with Crippen molar-refractivity contribution in [1.82, 2.24) is 5.32 Å². The fraction of sp³-hybridized carbons (Fsp3) is 0.500. The van der Waals surface area contributed by atoms with Gasteiger partial charge in [-0.05, 0) is 65.4 Å². The van der Waals surface area contributed by atoms with Crippen LogP contribution in [0.5, 0.6) is 11.5 Å². The molecule has 2 rings (SSSR count). The Kier molecular flexibility index (Phi) is 9.18. The average Bonchev–Trinajstić information content (AvgIpc) is 2.72. The summed E-state index contributed by atoms with van der Waals surface area (Å²) in [5.41, 5.74) is 0.604. The number of nitriles is 1. The first-order valence-electron chi connectivity index (χ1n) is 9.98. The van der Waals surface area contributed by atoms with Crippen molar-refractivity contribution in [2.45, 2.75) is 45.6 Å². The molecule has 7 nitrogen and oxygen atoms in total. The zero-order valence-corrected chi connectivity index (χ0v) is 19.1. The van der Waals surface area contributed by atoms with Gasteiger partial charge in [0.15, 0.2) is 18.1 Å². The molecule has 30 heavy (non-hydrogen) atoms. The number of rotatable bonds is 8. The predicted molar refractivity (Wildman–Crippen MR) is 116 cm³/mol. The van der Waals surface area contributed by atoms with Crippen LogP contribution in [0, 0.1) is 17.2 Å². The number of hydrogen-bond acceptors (Lipinski definition) is 6. The van der Waals surface area contributed by atoms with Crippen molar-refractivity contribution in [3.05, 3.63) is 27.7 Å². The Morgan fingerprint density at radius 2 is 2.07 bits per heavy atom. The Balaban J connectivity index is 2.19. The van der Waals surface area contributed by atoms with Crippen LogP contribution in [-0.4, -0.2) is 38.2 Å². The Morgan fingerprint density at radius 1 is 1.33 bits per heavy atom. The van der Waals surface area contributed by atoms with Crippen molar-refractivity contribution in [2.24, 2.45) is 5.92 Å². The quantitative estimate of drug-likeness (QED) is 0.344. The lowest BCUT2D eigenvalue weighted by molar-refractivity contribution is -0.145. The van der Waals surface area contributed by atoms with Gasteiger partial charge in [-0.1, -0.05) is 19.8 Å². The van der Waals surface area contributed by atoms with Crippen LogP contribution in [-0.2, 0) is 14.3 Å². The summed E-state index contributed by atoms with van der Waals surface area (Å²) in [5, 5.41) is 12.5. The molecule has 0 bridgehead atoms. The highest BCUT2D eigenvalue weighted by Gasteiger charge is 2.24. The van der Waals surface area contributed by atoms with Gasteiger partial charge in [-0.2, -0.15) is 5.26 Å². The first kappa shape index (κ1) is 23.7. The number of carbonyl (C=O) groups is 2. The van der Waals surface area contributed by atoms with E-state index in [1.54, 1.807) is 19.1 Å². The lowest BCUT2D eigenvalue weighted by atomic mass is 9.86. The fourth-order valence-electron chi connectivity index (χ4n) is 3.39. The lowest BCUT2D eigenvalue weighted by Gasteiger charge is -2.29. The molecule has 1 aromatic rings. The van der Waals surface area contributed by atoms with Crippen molar-refractivity contribution >= 4 is 33.9 Å². The first-order valence-corrected chi connectivity index (χ1v) is 10.8. The number of ether oxygens (including phenoxy) is 3. The summed E-state index contributed by atoms with van der Waals surface area (Å²) in [4.78, 5) is 24.2. The molecular formula is C22H27BrN2O5. The lowest BCUT2D eigenvalue weighted by Crippen LogP contribution is -2.41. The van der Waals surface area contributed by atoms with Crippen molar-refractivity contribution in [3.63, 3.8) is 0 Å². The van der Waals surface area contributed by atoms with Crippen molar-refractivity contribution in [1.29, 1.82) is 5.26 Å². The molecule has 1 aromatic carbocycles. The Labute approximate surface area is 185 Å². The van der Waals surface area contributed by atoms with Crippen molar-refractivity contribution in [3.8, 4) is 17.6 Å². The zero-order chi connectivity index (χ0) is 22.1. The standard InChI is InChI=1S/C22H27BrN2O5/c1-4-29-20(26)13-30-21-17(23)10-15(11-19(21)28-3)9-16(12-24)22(27)25-18-8-6-5-7-14(18)2/h9-11,14,18H,4-8,13H2,1-3H3,(H,25,27). The van der Waals surface area contributed by atoms with Gasteiger partial charge < -0.3 is 19.5 Å². The number of nitrogens with zero attached hydrogens (tertiary/aromatic N) is 1. The van der Waals surface area contributed by atoms with Gasteiger partial charge in [-0.3, -0.25) is 4.79 Å². The summed E-state index contributed by atoms with van der Waals surface area (Å²) in [6, 6.07) is 5.40. The van der Waals surface area contributed by atoms with Crippen LogP contribution < -0.4 is 14.8 Å². The van der Waals surface area contributed by atoms with Gasteiger partial charge in [0, 0.05) is 6.04 Å². The molecule has 0 spiro atoms. The highest BCUT2D eigenvalue weighted by molar-refractivity contribution is 9.10. The second kappa shape index (κ2) is 11.6. The van der Waals surface area contributed by atoms with Crippen LogP contribution in [0.3, 0.4) is 0 Å². The molecule has 1 saturated carbocycles. The van der Waals surface area contributed by atoms with Gasteiger partial charge in [0.25, 0.3) is 5.91 Å². The highest BCUT2D eigenvalue weighted by atomic mass is 79.9. The van der Waals surface area contributed by atoms with Crippen LogP contribution in [0.15, 0.2) is 22.2 Å². The third kappa shape index (κ3) is 6.49. The van der Waals surface area contributed by atoms with Crippen LogP contribution >= 0.6 is 15.9 Å². The minimum absolute atomic E-state index is 0.0157. The molecule has 1 fully saturated rings. The molecule has 0 aromatic heterocycles. The van der Waals surface area contributed by atoms with E-state index in [1.807, 2.05) is 6.07 Å². The summed E-state index contributed by atoms with van der Waals surface area (Å²) >= 11 is 3.39. The molecule has 0 aliphatic heterocycles. The molecule has 0 saturated heterocycles. The van der Waals surface area contributed by atoms with Gasteiger partial charge in [0.05, 0.1) is 18.2 Å². The van der Waals surface area contributed by atoms with E-state index in [4.69, 9.17) is 14.2 Å². The van der Waals surface area contributed by atoms with Gasteiger partial charge in [0.1, 0.15) is 11.6 Å². The molecule has 1 aliphatic carbocycles. The van der Waals surface area contributed by atoms with Gasteiger partial charge in [-0.25, -0.2) is 4.79 Å². The Bertz CT molecular complexity index is 847. The number of nitrogens with one attached hydrogen (secondary N) is 1. The molecule has 8 heteroatoms. The average molecular weight is 479 g/mol. The van der Waals surface area contributed by atoms with Gasteiger partial charge >= 0.3 is 5.97 Å². The van der Waals surface area contributed by atoms with E-state index in [2.05, 4.69) is 28.2 Å². The molecule has 2 unspecified atom stereocenters. The molecule has 2 atom stereocenters. The number of methoxy groups -OCH3 is 1. The monoisotopic (exact) mass is 478 g/mol. The van der Waals surface area contributed by atoms with Crippen LogP contribution in [0.1, 0.15) is 45.1 Å². The number of esters is 1. The predicted octanol–water partition coefficient (Wildman–Crippen LogP) is 4.00. The third-order valence-corrected chi connectivity index (χ3v) is 5.58. The topological polar surface area (TPSA) is 97.7 Å². The van der Waals surface area contributed by atoms with E-state index in [9.17, 15) is 14.9 Å². The maximum Gasteiger partial charge on any atom is 0.344 e. The highest BCUT2D eigenvalue weighted by Crippen LogP contribution is 2.37. The molecule has 1 N–H and O–H groups in total. The van der Waals surface area contributed by atoms with E-state index >= 15 is 0 Å². The normalized spacial score (nSPS) is 18.8. The molecule has 1 amide bonds. The van der Waals surface area contributed by atoms with Crippen LogP contribution in [0.25, 0.3) is 6.08 Å². The minimum Gasteiger partial charge on any atom is -0.493 e. The van der Waals surface area contributed by atoms with Gasteiger partial charge in [0.2, 0.25) is 0 Å². The molecular weight excluding hydrogens is 452 g/mol. The van der Waals surface area contributed by atoms with E-state index in [-0.39, 0.29) is 30.7 Å². The summed E-state index contributed by atoms with van der Waals surface area (Å²) in [5.74, 6) is 0.220. The summed E-state index contributed by atoms with van der Waals surface area (Å²) in [6.45, 7) is 3.84. The number of halogens is 1. The molecule has 0 heterocycles. The first-order chi connectivity index (χ1) is 14.4. The number of carbonyl (C=O) groups excluding carboxylic acids is 2. The fourth-order valence-corrected chi connectivity index (χ4v) is 3.96. The van der Waals surface area contributed by atoms with E-state index in [0.717, 1.165) is 19.3 Å². The number of hydrogen-bond donors (Lipinski definition) is 1. The maximum atomic E-state index is 12.6. The summed E-state index contributed by atoms with van der Waals surface area (Å²) < 4.78 is 16.2. The molecule has 0 radical (unpaired) electrons. The second-order valence-corrected chi connectivity index (χ2v) is 7.99. The van der Waals surface area contributed by atoms with Crippen LogP contribution in [0.4, 0.5) is 0 Å². The van der Waals surface area contributed by atoms with E-state index in [0.29, 0.717) is 27.5 Å². The summed E-state index contributed by atoms with van der Waals surface area (Å²) in [7, 11) is 1.47. The zero-order valence-electron chi connectivity index (χ0n) is 17.5. The maximum absolute atomic E-state index is 12.6.